The fourth-order valence-corrected chi connectivity index (χ4v) is 3.79. The molecule has 2 rings (SSSR count). The topological polar surface area (TPSA) is 28.1 Å². The third-order valence-corrected chi connectivity index (χ3v) is 5.18. The van der Waals surface area contributed by atoms with Crippen molar-refractivity contribution in [2.24, 2.45) is 11.1 Å². The number of nitrogens with zero attached hydrogens (tertiary/aromatic N) is 3. The van der Waals surface area contributed by atoms with Gasteiger partial charge < -0.3 is 14.6 Å². The molecule has 0 radical (unpaired) electrons. The van der Waals surface area contributed by atoms with Crippen LogP contribution in [0.1, 0.15) is 59.3 Å². The van der Waals surface area contributed by atoms with E-state index in [0.717, 1.165) is 12.5 Å². The second-order valence-corrected chi connectivity index (χ2v) is 7.29. The molecule has 2 saturated heterocycles. The molecular weight excluding hydrogens is 274 g/mol. The normalized spacial score (nSPS) is 27.1. The first-order chi connectivity index (χ1) is 10.6. The number of hydrogen-bond donors (Lipinski definition) is 0. The first-order valence-corrected chi connectivity index (χ1v) is 9.25. The first-order valence-electron chi connectivity index (χ1n) is 9.25. The summed E-state index contributed by atoms with van der Waals surface area (Å²) >= 11 is 0. The minimum absolute atomic E-state index is 0.185. The fraction of sp³-hybridized carbons (Fsp3) is 0.944. The van der Waals surface area contributed by atoms with Gasteiger partial charge in [-0.2, -0.15) is 0 Å². The van der Waals surface area contributed by atoms with E-state index in [-0.39, 0.29) is 6.10 Å². The predicted octanol–water partition coefficient (Wildman–Crippen LogP) is 3.37. The Bertz CT molecular complexity index is 348. The maximum absolute atomic E-state index is 5.49. The zero-order valence-electron chi connectivity index (χ0n) is 15.1. The van der Waals surface area contributed by atoms with Gasteiger partial charge in [-0.3, -0.25) is 0 Å². The van der Waals surface area contributed by atoms with Gasteiger partial charge in [-0.05, 0) is 85.6 Å². The van der Waals surface area contributed by atoms with Crippen LogP contribution in [0.3, 0.4) is 0 Å². The summed E-state index contributed by atoms with van der Waals surface area (Å²) in [5.74, 6) is 0.633. The second kappa shape index (κ2) is 8.88. The molecule has 1 unspecified atom stereocenters. The summed E-state index contributed by atoms with van der Waals surface area (Å²) in [6.45, 7) is 11.3. The number of rotatable bonds is 5. The molecule has 2 aliphatic rings. The molecule has 0 aromatic carbocycles. The highest BCUT2D eigenvalue weighted by molar-refractivity contribution is 5.86. The third-order valence-electron chi connectivity index (χ3n) is 5.18. The lowest BCUT2D eigenvalue weighted by molar-refractivity contribution is 0.0818. The summed E-state index contributed by atoms with van der Waals surface area (Å²) in [6, 6.07) is 0.805. The van der Waals surface area contributed by atoms with Crippen LogP contribution in [0, 0.1) is 5.92 Å². The Kier molecular flexibility index (Phi) is 7.16. The Morgan fingerprint density at radius 3 is 2.45 bits per heavy atom. The summed E-state index contributed by atoms with van der Waals surface area (Å²) in [5, 5.41) is 4.42. The number of hydrogen-bond acceptors (Lipinski definition) is 4. The van der Waals surface area contributed by atoms with Gasteiger partial charge in [0, 0.05) is 12.0 Å². The summed E-state index contributed by atoms with van der Waals surface area (Å²) in [7, 11) is 2.26. The highest BCUT2D eigenvalue weighted by atomic mass is 16.6. The molecule has 0 aromatic heterocycles. The molecule has 2 heterocycles. The number of likely N-dealkylation sites (tertiary alicyclic amines) is 2. The van der Waals surface area contributed by atoms with Gasteiger partial charge >= 0.3 is 0 Å². The maximum atomic E-state index is 5.49. The van der Waals surface area contributed by atoms with E-state index in [0.29, 0.717) is 5.92 Å². The standard InChI is InChI=1S/C18H35N3O/c1-5-18(19-22-15(2)3)16-8-13-21(14-9-16)17-7-6-11-20(4)12-10-17/h15-17H,5-14H2,1-4H3/b19-18+. The smallest absolute Gasteiger partial charge is 0.122 e. The average molecular weight is 309 g/mol. The molecule has 0 spiro atoms. The average Bonchev–Trinajstić information content (AvgIpc) is 2.73. The summed E-state index contributed by atoms with van der Waals surface area (Å²) in [5.41, 5.74) is 1.27. The Balaban J connectivity index is 1.82. The molecule has 0 aromatic rings. The van der Waals surface area contributed by atoms with E-state index >= 15 is 0 Å². The third kappa shape index (κ3) is 5.24. The van der Waals surface area contributed by atoms with Crippen molar-refractivity contribution in [2.45, 2.75) is 71.4 Å². The summed E-state index contributed by atoms with van der Waals surface area (Å²) < 4.78 is 0. The molecule has 1 atom stereocenters. The lowest BCUT2D eigenvalue weighted by atomic mass is 9.89. The van der Waals surface area contributed by atoms with Crippen molar-refractivity contribution in [2.75, 3.05) is 33.2 Å². The van der Waals surface area contributed by atoms with Crippen LogP contribution in [-0.2, 0) is 4.84 Å². The molecule has 0 N–H and O–H groups in total. The van der Waals surface area contributed by atoms with Gasteiger partial charge in [0.15, 0.2) is 0 Å². The monoisotopic (exact) mass is 309 g/mol. The van der Waals surface area contributed by atoms with E-state index in [1.54, 1.807) is 0 Å². The molecule has 0 bridgehead atoms. The molecule has 2 fully saturated rings. The van der Waals surface area contributed by atoms with Gasteiger partial charge in [0.2, 0.25) is 0 Å². The molecule has 128 valence electrons. The highest BCUT2D eigenvalue weighted by Gasteiger charge is 2.28. The summed E-state index contributed by atoms with van der Waals surface area (Å²) in [4.78, 5) is 10.7. The van der Waals surface area contributed by atoms with Gasteiger partial charge in [0.05, 0.1) is 5.71 Å². The van der Waals surface area contributed by atoms with Gasteiger partial charge in [-0.15, -0.1) is 0 Å². The van der Waals surface area contributed by atoms with E-state index in [2.05, 4.69) is 28.9 Å². The van der Waals surface area contributed by atoms with Gasteiger partial charge in [0.1, 0.15) is 6.10 Å². The molecule has 4 heteroatoms. The van der Waals surface area contributed by atoms with E-state index in [4.69, 9.17) is 4.84 Å². The van der Waals surface area contributed by atoms with Crippen LogP contribution in [0.25, 0.3) is 0 Å². The number of oxime groups is 1. The van der Waals surface area contributed by atoms with Crippen LogP contribution < -0.4 is 0 Å². The van der Waals surface area contributed by atoms with Crippen molar-refractivity contribution in [3.63, 3.8) is 0 Å². The Labute approximate surface area is 136 Å². The van der Waals surface area contributed by atoms with Crippen molar-refractivity contribution in [3.8, 4) is 0 Å². The summed E-state index contributed by atoms with van der Waals surface area (Å²) in [6.07, 6.45) is 7.77. The molecule has 4 nitrogen and oxygen atoms in total. The Morgan fingerprint density at radius 1 is 1.09 bits per heavy atom. The van der Waals surface area contributed by atoms with E-state index in [1.807, 2.05) is 13.8 Å². The highest BCUT2D eigenvalue weighted by Crippen LogP contribution is 2.25. The lowest BCUT2D eigenvalue weighted by Gasteiger charge is -2.37. The van der Waals surface area contributed by atoms with Crippen LogP contribution in [-0.4, -0.2) is 60.9 Å². The van der Waals surface area contributed by atoms with Crippen molar-refractivity contribution in [1.29, 1.82) is 0 Å². The lowest BCUT2D eigenvalue weighted by Crippen LogP contribution is -2.43. The zero-order chi connectivity index (χ0) is 15.9. The van der Waals surface area contributed by atoms with Crippen molar-refractivity contribution in [3.05, 3.63) is 0 Å². The first kappa shape index (κ1) is 17.7. The minimum atomic E-state index is 0.185. The molecule has 0 saturated carbocycles. The fourth-order valence-electron chi connectivity index (χ4n) is 3.79. The van der Waals surface area contributed by atoms with Crippen LogP contribution in [0.2, 0.25) is 0 Å². The second-order valence-electron chi connectivity index (χ2n) is 7.29. The van der Waals surface area contributed by atoms with Gasteiger partial charge in [0.25, 0.3) is 0 Å². The van der Waals surface area contributed by atoms with E-state index in [9.17, 15) is 0 Å². The van der Waals surface area contributed by atoms with Crippen molar-refractivity contribution in [1.82, 2.24) is 9.80 Å². The van der Waals surface area contributed by atoms with Crippen molar-refractivity contribution < 1.29 is 4.84 Å². The molecule has 0 amide bonds. The van der Waals surface area contributed by atoms with Crippen LogP contribution in [0.4, 0.5) is 0 Å². The van der Waals surface area contributed by atoms with Crippen molar-refractivity contribution >= 4 is 5.71 Å². The van der Waals surface area contributed by atoms with Crippen LogP contribution >= 0.6 is 0 Å². The molecular formula is C18H35N3O. The van der Waals surface area contributed by atoms with Crippen LogP contribution in [0.5, 0.6) is 0 Å². The van der Waals surface area contributed by atoms with Gasteiger partial charge in [-0.25, -0.2) is 0 Å². The predicted molar refractivity (Wildman–Crippen MR) is 93.4 cm³/mol. The van der Waals surface area contributed by atoms with Crippen LogP contribution in [0.15, 0.2) is 5.16 Å². The largest absolute Gasteiger partial charge is 0.393 e. The molecule has 2 aliphatic heterocycles. The van der Waals surface area contributed by atoms with Gasteiger partial charge in [-0.1, -0.05) is 12.1 Å². The SMILES string of the molecule is CC/C(=N\OC(C)C)C1CCN(C2CCCN(C)CC2)CC1. The van der Waals surface area contributed by atoms with E-state index in [1.165, 1.54) is 64.0 Å². The van der Waals surface area contributed by atoms with E-state index < -0.39 is 0 Å². The minimum Gasteiger partial charge on any atom is -0.393 e. The quantitative estimate of drug-likeness (QED) is 0.576. The molecule has 0 aliphatic carbocycles. The maximum Gasteiger partial charge on any atom is 0.122 e. The Morgan fingerprint density at radius 2 is 1.82 bits per heavy atom. The Hall–Kier alpha value is -0.610. The molecule has 22 heavy (non-hydrogen) atoms. The zero-order valence-corrected chi connectivity index (χ0v) is 15.1. The number of piperidine rings is 1.